The Bertz CT molecular complexity index is 962. The third-order valence-corrected chi connectivity index (χ3v) is 7.11. The molecule has 0 radical (unpaired) electrons. The lowest BCUT2D eigenvalue weighted by Crippen LogP contribution is -2.36. The molecule has 0 aromatic heterocycles. The Kier molecular flexibility index (Phi) is 7.53. The van der Waals surface area contributed by atoms with Crippen LogP contribution >= 0.6 is 0 Å². The van der Waals surface area contributed by atoms with Gasteiger partial charge in [-0.25, -0.2) is 8.42 Å². The zero-order valence-corrected chi connectivity index (χ0v) is 18.7. The van der Waals surface area contributed by atoms with Crippen molar-refractivity contribution in [2.24, 2.45) is 0 Å². The summed E-state index contributed by atoms with van der Waals surface area (Å²) < 4.78 is 28.4. The highest BCUT2D eigenvalue weighted by Gasteiger charge is 2.21. The SMILES string of the molecule is CCCCc1ccc(NS(=O)(=O)c2ccc(C)c(C(=O)NC3CCCCC3)c2)cc1. The van der Waals surface area contributed by atoms with Crippen LogP contribution in [-0.4, -0.2) is 20.4 Å². The average Bonchev–Trinajstić information content (AvgIpc) is 2.74. The molecule has 2 aromatic carbocycles. The van der Waals surface area contributed by atoms with Gasteiger partial charge in [-0.3, -0.25) is 9.52 Å². The van der Waals surface area contributed by atoms with Gasteiger partial charge in [0.1, 0.15) is 0 Å². The van der Waals surface area contributed by atoms with Crippen LogP contribution in [0, 0.1) is 6.92 Å². The van der Waals surface area contributed by atoms with Crippen molar-refractivity contribution in [3.05, 3.63) is 59.2 Å². The normalized spacial score (nSPS) is 15.0. The van der Waals surface area contributed by atoms with Gasteiger partial charge in [0.2, 0.25) is 0 Å². The number of carbonyl (C=O) groups is 1. The van der Waals surface area contributed by atoms with Crippen molar-refractivity contribution < 1.29 is 13.2 Å². The van der Waals surface area contributed by atoms with Crippen molar-refractivity contribution in [3.63, 3.8) is 0 Å². The molecule has 1 aliphatic carbocycles. The number of benzene rings is 2. The molecule has 0 heterocycles. The second-order valence-electron chi connectivity index (χ2n) is 8.19. The van der Waals surface area contributed by atoms with Gasteiger partial charge in [-0.1, -0.05) is 50.8 Å². The summed E-state index contributed by atoms with van der Waals surface area (Å²) in [5, 5.41) is 3.07. The highest BCUT2D eigenvalue weighted by molar-refractivity contribution is 7.92. The molecule has 0 saturated heterocycles. The molecule has 162 valence electrons. The maximum atomic E-state index is 12.9. The van der Waals surface area contributed by atoms with Crippen LogP contribution in [0.5, 0.6) is 0 Å². The Hall–Kier alpha value is -2.34. The van der Waals surface area contributed by atoms with E-state index in [2.05, 4.69) is 17.0 Å². The predicted molar refractivity (Wildman–Crippen MR) is 121 cm³/mol. The van der Waals surface area contributed by atoms with E-state index in [-0.39, 0.29) is 16.8 Å². The third kappa shape index (κ3) is 5.85. The van der Waals surface area contributed by atoms with E-state index < -0.39 is 10.0 Å². The van der Waals surface area contributed by atoms with Crippen molar-refractivity contribution in [3.8, 4) is 0 Å². The van der Waals surface area contributed by atoms with Gasteiger partial charge in [-0.05, 0) is 68.0 Å². The molecule has 6 heteroatoms. The molecule has 0 unspecified atom stereocenters. The summed E-state index contributed by atoms with van der Waals surface area (Å²) in [6.07, 6.45) is 8.65. The van der Waals surface area contributed by atoms with Crippen LogP contribution in [0.4, 0.5) is 5.69 Å². The molecule has 1 fully saturated rings. The van der Waals surface area contributed by atoms with Crippen LogP contribution in [0.2, 0.25) is 0 Å². The highest BCUT2D eigenvalue weighted by atomic mass is 32.2. The van der Waals surface area contributed by atoms with Gasteiger partial charge in [0, 0.05) is 17.3 Å². The first-order valence-electron chi connectivity index (χ1n) is 10.9. The fourth-order valence-electron chi connectivity index (χ4n) is 3.86. The fourth-order valence-corrected chi connectivity index (χ4v) is 4.94. The minimum Gasteiger partial charge on any atom is -0.349 e. The minimum atomic E-state index is -3.78. The molecular formula is C24H32N2O3S. The largest absolute Gasteiger partial charge is 0.349 e. The zero-order chi connectivity index (χ0) is 21.6. The summed E-state index contributed by atoms with van der Waals surface area (Å²) in [6.45, 7) is 3.97. The van der Waals surface area contributed by atoms with E-state index in [1.165, 1.54) is 18.1 Å². The smallest absolute Gasteiger partial charge is 0.261 e. The molecule has 5 nitrogen and oxygen atoms in total. The Balaban J connectivity index is 1.74. The third-order valence-electron chi connectivity index (χ3n) is 5.73. The van der Waals surface area contributed by atoms with E-state index in [1.54, 1.807) is 24.3 Å². The van der Waals surface area contributed by atoms with Crippen molar-refractivity contribution in [2.75, 3.05) is 4.72 Å². The molecule has 0 spiro atoms. The summed E-state index contributed by atoms with van der Waals surface area (Å²) in [5.41, 5.74) is 2.89. The van der Waals surface area contributed by atoms with Crippen molar-refractivity contribution in [1.29, 1.82) is 0 Å². The van der Waals surface area contributed by atoms with Crippen LogP contribution in [0.1, 0.15) is 73.4 Å². The lowest BCUT2D eigenvalue weighted by atomic mass is 9.95. The Labute approximate surface area is 180 Å². The molecule has 0 bridgehead atoms. The first-order chi connectivity index (χ1) is 14.4. The number of anilines is 1. The quantitative estimate of drug-likeness (QED) is 0.607. The lowest BCUT2D eigenvalue weighted by molar-refractivity contribution is 0.0927. The van der Waals surface area contributed by atoms with E-state index in [0.29, 0.717) is 11.3 Å². The van der Waals surface area contributed by atoms with Crippen molar-refractivity contribution in [1.82, 2.24) is 5.32 Å². The second kappa shape index (κ2) is 10.1. The first-order valence-corrected chi connectivity index (χ1v) is 12.4. The van der Waals surface area contributed by atoms with E-state index in [0.717, 1.165) is 50.5 Å². The number of aryl methyl sites for hydroxylation is 2. The van der Waals surface area contributed by atoms with Gasteiger partial charge >= 0.3 is 0 Å². The van der Waals surface area contributed by atoms with E-state index in [1.807, 2.05) is 19.1 Å². The number of nitrogens with one attached hydrogen (secondary N) is 2. The van der Waals surface area contributed by atoms with Gasteiger partial charge in [-0.15, -0.1) is 0 Å². The summed E-state index contributed by atoms with van der Waals surface area (Å²) in [4.78, 5) is 12.9. The number of unbranched alkanes of at least 4 members (excludes halogenated alkanes) is 1. The first kappa shape index (κ1) is 22.3. The Morgan fingerprint density at radius 1 is 1.03 bits per heavy atom. The molecule has 2 aromatic rings. The molecule has 3 rings (SSSR count). The molecule has 1 saturated carbocycles. The van der Waals surface area contributed by atoms with Crippen LogP contribution in [0.3, 0.4) is 0 Å². The Morgan fingerprint density at radius 2 is 1.73 bits per heavy atom. The number of hydrogen-bond acceptors (Lipinski definition) is 3. The van der Waals surface area contributed by atoms with Crippen LogP contribution in [-0.2, 0) is 16.4 Å². The van der Waals surface area contributed by atoms with Crippen LogP contribution in [0.25, 0.3) is 0 Å². The molecule has 30 heavy (non-hydrogen) atoms. The van der Waals surface area contributed by atoms with Crippen LogP contribution < -0.4 is 10.0 Å². The maximum absolute atomic E-state index is 12.9. The molecule has 1 aliphatic rings. The number of hydrogen-bond donors (Lipinski definition) is 2. The zero-order valence-electron chi connectivity index (χ0n) is 17.9. The summed E-state index contributed by atoms with van der Waals surface area (Å²) >= 11 is 0. The van der Waals surface area contributed by atoms with E-state index >= 15 is 0 Å². The fraction of sp³-hybridized carbons (Fsp3) is 0.458. The van der Waals surface area contributed by atoms with Gasteiger partial charge in [0.15, 0.2) is 0 Å². The molecule has 0 atom stereocenters. The topological polar surface area (TPSA) is 75.3 Å². The van der Waals surface area contributed by atoms with Gasteiger partial charge in [0.05, 0.1) is 4.90 Å². The van der Waals surface area contributed by atoms with E-state index in [4.69, 9.17) is 0 Å². The second-order valence-corrected chi connectivity index (χ2v) is 9.87. The van der Waals surface area contributed by atoms with Crippen LogP contribution in [0.15, 0.2) is 47.4 Å². The van der Waals surface area contributed by atoms with Gasteiger partial charge < -0.3 is 5.32 Å². The summed E-state index contributed by atoms with van der Waals surface area (Å²) in [7, 11) is -3.78. The maximum Gasteiger partial charge on any atom is 0.261 e. The molecule has 2 N–H and O–H groups in total. The highest BCUT2D eigenvalue weighted by Crippen LogP contribution is 2.22. The number of carbonyl (C=O) groups excluding carboxylic acids is 1. The predicted octanol–water partition coefficient (Wildman–Crippen LogP) is 5.20. The van der Waals surface area contributed by atoms with Crippen molar-refractivity contribution >= 4 is 21.6 Å². The monoisotopic (exact) mass is 428 g/mol. The molecule has 0 aliphatic heterocycles. The lowest BCUT2D eigenvalue weighted by Gasteiger charge is -2.23. The molecule has 1 amide bonds. The number of amides is 1. The number of sulfonamides is 1. The summed E-state index contributed by atoms with van der Waals surface area (Å²) in [6, 6.07) is 12.4. The number of rotatable bonds is 8. The average molecular weight is 429 g/mol. The van der Waals surface area contributed by atoms with Gasteiger partial charge in [0.25, 0.3) is 15.9 Å². The minimum absolute atomic E-state index is 0.0944. The standard InChI is InChI=1S/C24H32N2O3S/c1-3-4-8-19-12-14-21(15-13-19)26-30(28,29)22-16-11-18(2)23(17-22)24(27)25-20-9-6-5-7-10-20/h11-17,20,26H,3-10H2,1-2H3,(H,25,27). The van der Waals surface area contributed by atoms with Crippen molar-refractivity contribution in [2.45, 2.75) is 76.2 Å². The summed E-state index contributed by atoms with van der Waals surface area (Å²) in [5.74, 6) is -0.197. The van der Waals surface area contributed by atoms with Gasteiger partial charge in [-0.2, -0.15) is 0 Å². The Morgan fingerprint density at radius 3 is 2.40 bits per heavy atom. The molecular weight excluding hydrogens is 396 g/mol. The van der Waals surface area contributed by atoms with E-state index in [9.17, 15) is 13.2 Å².